The van der Waals surface area contributed by atoms with Gasteiger partial charge >= 0.3 is 5.97 Å². The predicted octanol–water partition coefficient (Wildman–Crippen LogP) is 2.31. The zero-order valence-electron chi connectivity index (χ0n) is 12.8. The SMILES string of the molecule is O=C(O)c1ccc2c(c1)CCN(S(=O)(=O)c1cccc(F)c1)CC2. The number of carboxylic acids is 1. The van der Waals surface area contributed by atoms with Crippen LogP contribution in [0.4, 0.5) is 4.39 Å². The van der Waals surface area contributed by atoms with Crippen molar-refractivity contribution in [3.63, 3.8) is 0 Å². The maximum atomic E-state index is 13.3. The van der Waals surface area contributed by atoms with Crippen LogP contribution in [-0.4, -0.2) is 36.9 Å². The van der Waals surface area contributed by atoms with Crippen molar-refractivity contribution >= 4 is 16.0 Å². The van der Waals surface area contributed by atoms with E-state index in [2.05, 4.69) is 0 Å². The fraction of sp³-hybridized carbons (Fsp3) is 0.235. The van der Waals surface area contributed by atoms with E-state index in [1.54, 1.807) is 12.1 Å². The van der Waals surface area contributed by atoms with Gasteiger partial charge in [-0.2, -0.15) is 4.31 Å². The fourth-order valence-corrected chi connectivity index (χ4v) is 4.33. The molecule has 0 unspecified atom stereocenters. The standard InChI is InChI=1S/C17H16FNO4S/c18-15-2-1-3-16(11-15)24(22,23)19-8-6-12-4-5-14(17(20)21)10-13(12)7-9-19/h1-5,10-11H,6-9H2,(H,20,21). The molecule has 24 heavy (non-hydrogen) atoms. The Hall–Kier alpha value is -2.25. The molecule has 5 nitrogen and oxygen atoms in total. The minimum atomic E-state index is -3.78. The minimum Gasteiger partial charge on any atom is -0.478 e. The Balaban J connectivity index is 1.87. The number of sulfonamides is 1. The van der Waals surface area contributed by atoms with E-state index in [-0.39, 0.29) is 23.5 Å². The summed E-state index contributed by atoms with van der Waals surface area (Å²) in [6.45, 7) is 0.507. The Morgan fingerprint density at radius 1 is 1.04 bits per heavy atom. The molecule has 1 aliphatic heterocycles. The Morgan fingerprint density at radius 3 is 2.42 bits per heavy atom. The Morgan fingerprint density at radius 2 is 1.75 bits per heavy atom. The summed E-state index contributed by atoms with van der Waals surface area (Å²) >= 11 is 0. The van der Waals surface area contributed by atoms with E-state index in [1.165, 1.54) is 28.6 Å². The molecule has 1 aliphatic rings. The molecule has 0 aromatic heterocycles. The predicted molar refractivity (Wildman–Crippen MR) is 86.0 cm³/mol. The van der Waals surface area contributed by atoms with Gasteiger partial charge in [0.15, 0.2) is 0 Å². The highest BCUT2D eigenvalue weighted by atomic mass is 32.2. The van der Waals surface area contributed by atoms with Crippen LogP contribution in [0.25, 0.3) is 0 Å². The van der Waals surface area contributed by atoms with Gasteiger partial charge in [0.05, 0.1) is 10.5 Å². The maximum Gasteiger partial charge on any atom is 0.335 e. The number of nitrogens with zero attached hydrogens (tertiary/aromatic N) is 1. The smallest absolute Gasteiger partial charge is 0.335 e. The number of hydrogen-bond acceptors (Lipinski definition) is 3. The van der Waals surface area contributed by atoms with Crippen LogP contribution in [0.5, 0.6) is 0 Å². The number of rotatable bonds is 3. The van der Waals surface area contributed by atoms with Gasteiger partial charge in [-0.15, -0.1) is 0 Å². The molecule has 7 heteroatoms. The first-order chi connectivity index (χ1) is 11.4. The van der Waals surface area contributed by atoms with Crippen LogP contribution < -0.4 is 0 Å². The lowest BCUT2D eigenvalue weighted by Gasteiger charge is -2.19. The van der Waals surface area contributed by atoms with Crippen LogP contribution in [0, 0.1) is 5.82 Å². The normalized spacial score (nSPS) is 15.5. The lowest BCUT2D eigenvalue weighted by molar-refractivity contribution is 0.0696. The molecule has 1 N–H and O–H groups in total. The van der Waals surface area contributed by atoms with Gasteiger partial charge in [-0.25, -0.2) is 17.6 Å². The van der Waals surface area contributed by atoms with Gasteiger partial charge in [-0.05, 0) is 54.3 Å². The highest BCUT2D eigenvalue weighted by molar-refractivity contribution is 7.89. The van der Waals surface area contributed by atoms with Crippen molar-refractivity contribution in [1.29, 1.82) is 0 Å². The van der Waals surface area contributed by atoms with Crippen molar-refractivity contribution in [2.75, 3.05) is 13.1 Å². The number of aromatic carboxylic acids is 1. The molecule has 3 rings (SSSR count). The summed E-state index contributed by atoms with van der Waals surface area (Å²) in [7, 11) is -3.78. The molecule has 0 spiro atoms. The van der Waals surface area contributed by atoms with Crippen molar-refractivity contribution in [2.45, 2.75) is 17.7 Å². The number of benzene rings is 2. The fourth-order valence-electron chi connectivity index (χ4n) is 2.85. The third kappa shape index (κ3) is 3.18. The highest BCUT2D eigenvalue weighted by Gasteiger charge is 2.27. The number of halogens is 1. The molecule has 1 heterocycles. The molecular weight excluding hydrogens is 333 g/mol. The summed E-state index contributed by atoms with van der Waals surface area (Å²) in [6, 6.07) is 9.80. The molecule has 0 amide bonds. The summed E-state index contributed by atoms with van der Waals surface area (Å²) in [5, 5.41) is 9.07. The maximum absolute atomic E-state index is 13.3. The number of carboxylic acid groups (broad SMARTS) is 1. The molecule has 0 fully saturated rings. The Bertz CT molecular complexity index is 895. The van der Waals surface area contributed by atoms with E-state index >= 15 is 0 Å². The van der Waals surface area contributed by atoms with Crippen molar-refractivity contribution in [2.24, 2.45) is 0 Å². The summed E-state index contributed by atoms with van der Waals surface area (Å²) in [6.07, 6.45) is 0.911. The van der Waals surface area contributed by atoms with Gasteiger partial charge in [-0.3, -0.25) is 0 Å². The number of carbonyl (C=O) groups is 1. The number of fused-ring (bicyclic) bond motifs is 1. The van der Waals surface area contributed by atoms with Gasteiger partial charge in [0, 0.05) is 13.1 Å². The zero-order valence-corrected chi connectivity index (χ0v) is 13.6. The average Bonchev–Trinajstić information content (AvgIpc) is 2.77. The van der Waals surface area contributed by atoms with Gasteiger partial charge in [0.2, 0.25) is 10.0 Å². The first-order valence-electron chi connectivity index (χ1n) is 7.49. The highest BCUT2D eigenvalue weighted by Crippen LogP contribution is 2.23. The van der Waals surface area contributed by atoms with Crippen molar-refractivity contribution in [3.8, 4) is 0 Å². The second-order valence-corrected chi connectivity index (χ2v) is 7.59. The van der Waals surface area contributed by atoms with Crippen LogP contribution in [-0.2, 0) is 22.9 Å². The Labute approximate surface area is 139 Å². The third-order valence-electron chi connectivity index (χ3n) is 4.15. The van der Waals surface area contributed by atoms with Crippen molar-refractivity contribution in [3.05, 3.63) is 65.0 Å². The summed E-state index contributed by atoms with van der Waals surface area (Å²) < 4.78 is 40.0. The summed E-state index contributed by atoms with van der Waals surface area (Å²) in [4.78, 5) is 11.0. The zero-order chi connectivity index (χ0) is 17.3. The van der Waals surface area contributed by atoms with E-state index in [9.17, 15) is 17.6 Å². The summed E-state index contributed by atoms with van der Waals surface area (Å²) in [5.41, 5.74) is 1.97. The largest absolute Gasteiger partial charge is 0.478 e. The summed E-state index contributed by atoms with van der Waals surface area (Å²) in [5.74, 6) is -1.61. The lowest BCUT2D eigenvalue weighted by atomic mass is 10.0. The molecule has 0 saturated heterocycles. The molecule has 2 aromatic carbocycles. The van der Waals surface area contributed by atoms with E-state index in [1.807, 2.05) is 0 Å². The van der Waals surface area contributed by atoms with Crippen LogP contribution in [0.3, 0.4) is 0 Å². The van der Waals surface area contributed by atoms with E-state index in [0.29, 0.717) is 12.8 Å². The van der Waals surface area contributed by atoms with Crippen molar-refractivity contribution < 1.29 is 22.7 Å². The second kappa shape index (κ2) is 6.33. The molecule has 0 bridgehead atoms. The number of hydrogen-bond donors (Lipinski definition) is 1. The van der Waals surface area contributed by atoms with Crippen molar-refractivity contribution in [1.82, 2.24) is 4.31 Å². The minimum absolute atomic E-state index is 0.0697. The third-order valence-corrected chi connectivity index (χ3v) is 6.04. The van der Waals surface area contributed by atoms with E-state index in [0.717, 1.165) is 17.2 Å². The lowest BCUT2D eigenvalue weighted by Crippen LogP contribution is -2.33. The van der Waals surface area contributed by atoms with Gasteiger partial charge < -0.3 is 5.11 Å². The second-order valence-electron chi connectivity index (χ2n) is 5.65. The monoisotopic (exact) mass is 349 g/mol. The quantitative estimate of drug-likeness (QED) is 0.923. The van der Waals surface area contributed by atoms with Gasteiger partial charge in [0.1, 0.15) is 5.82 Å². The molecule has 2 aromatic rings. The van der Waals surface area contributed by atoms with Crippen LogP contribution >= 0.6 is 0 Å². The average molecular weight is 349 g/mol. The van der Waals surface area contributed by atoms with Crippen LogP contribution in [0.2, 0.25) is 0 Å². The van der Waals surface area contributed by atoms with Crippen LogP contribution in [0.15, 0.2) is 47.4 Å². The first-order valence-corrected chi connectivity index (χ1v) is 8.93. The first kappa shape index (κ1) is 16.6. The van der Waals surface area contributed by atoms with Gasteiger partial charge in [-0.1, -0.05) is 12.1 Å². The molecular formula is C17H16FNO4S. The molecule has 0 atom stereocenters. The molecule has 126 valence electrons. The van der Waals surface area contributed by atoms with E-state index in [4.69, 9.17) is 5.11 Å². The topological polar surface area (TPSA) is 74.7 Å². The van der Waals surface area contributed by atoms with Crippen LogP contribution in [0.1, 0.15) is 21.5 Å². The Kier molecular flexibility index (Phi) is 4.38. The van der Waals surface area contributed by atoms with Gasteiger partial charge in [0.25, 0.3) is 0 Å². The van der Waals surface area contributed by atoms with E-state index < -0.39 is 21.8 Å². The molecule has 0 saturated carbocycles. The molecule has 0 aliphatic carbocycles. The molecule has 0 radical (unpaired) electrons.